The van der Waals surface area contributed by atoms with Gasteiger partial charge in [-0.25, -0.2) is 0 Å². The summed E-state index contributed by atoms with van der Waals surface area (Å²) in [4.78, 5) is 12.6. The second kappa shape index (κ2) is 3.96. The number of aryl methyl sites for hydroxylation is 1. The van der Waals surface area contributed by atoms with Crippen molar-refractivity contribution in [1.29, 1.82) is 0 Å². The van der Waals surface area contributed by atoms with E-state index >= 15 is 0 Å². The number of carbonyl (C=O) groups is 1. The second-order valence-electron chi connectivity index (χ2n) is 8.21. The number of carbonyl (C=O) groups excluding carboxylic acids is 1. The van der Waals surface area contributed by atoms with Gasteiger partial charge in [0.25, 0.3) is 0 Å². The average Bonchev–Trinajstić information content (AvgIpc) is 2.49. The van der Waals surface area contributed by atoms with Crippen LogP contribution in [0, 0.1) is 6.92 Å². The first-order valence-corrected chi connectivity index (χ1v) is 7.87. The van der Waals surface area contributed by atoms with Crippen molar-refractivity contribution in [3.05, 3.63) is 33.9 Å². The molecule has 0 bridgehead atoms. The van der Waals surface area contributed by atoms with E-state index in [1.165, 1.54) is 22.3 Å². The van der Waals surface area contributed by atoms with Gasteiger partial charge in [0.2, 0.25) is 0 Å². The van der Waals surface area contributed by atoms with Gasteiger partial charge in [-0.15, -0.1) is 0 Å². The van der Waals surface area contributed by atoms with Gasteiger partial charge in [0.15, 0.2) is 5.78 Å². The van der Waals surface area contributed by atoms with Gasteiger partial charge >= 0.3 is 0 Å². The molecule has 0 spiro atoms. The number of hydrogen-bond donors (Lipinski definition) is 0. The lowest BCUT2D eigenvalue weighted by molar-refractivity contribution is 0.0965. The Morgan fingerprint density at radius 3 is 2.45 bits per heavy atom. The third-order valence-electron chi connectivity index (χ3n) is 5.44. The average molecular weight is 270 g/mol. The molecule has 108 valence electrons. The van der Waals surface area contributed by atoms with Crippen LogP contribution in [-0.4, -0.2) is 5.78 Å². The van der Waals surface area contributed by atoms with E-state index in [0.29, 0.717) is 11.7 Å². The zero-order valence-electron chi connectivity index (χ0n) is 13.7. The zero-order chi connectivity index (χ0) is 14.9. The number of hydrogen-bond acceptors (Lipinski definition) is 1. The lowest BCUT2D eigenvalue weighted by Gasteiger charge is -2.30. The van der Waals surface area contributed by atoms with E-state index in [2.05, 4.69) is 47.6 Å². The first-order valence-electron chi connectivity index (χ1n) is 7.87. The van der Waals surface area contributed by atoms with E-state index in [4.69, 9.17) is 0 Å². The molecule has 20 heavy (non-hydrogen) atoms. The first-order chi connectivity index (χ1) is 9.15. The third-order valence-corrected chi connectivity index (χ3v) is 5.44. The third kappa shape index (κ3) is 1.71. The number of fused-ring (bicyclic) bond motifs is 3. The van der Waals surface area contributed by atoms with Gasteiger partial charge in [0, 0.05) is 12.0 Å². The van der Waals surface area contributed by atoms with Crippen molar-refractivity contribution in [3.63, 3.8) is 0 Å². The summed E-state index contributed by atoms with van der Waals surface area (Å²) in [6, 6.07) is 2.37. The molecule has 2 aliphatic carbocycles. The molecule has 0 radical (unpaired) electrons. The Hall–Kier alpha value is -1.11. The molecule has 0 aromatic heterocycles. The fraction of sp³-hybridized carbons (Fsp3) is 0.632. The molecule has 2 aliphatic rings. The van der Waals surface area contributed by atoms with Crippen LogP contribution in [0.25, 0.3) is 0 Å². The highest BCUT2D eigenvalue weighted by Crippen LogP contribution is 2.53. The minimum atomic E-state index is 0.114. The smallest absolute Gasteiger partial charge is 0.163 e. The van der Waals surface area contributed by atoms with Gasteiger partial charge in [-0.3, -0.25) is 4.79 Å². The maximum Gasteiger partial charge on any atom is 0.163 e. The van der Waals surface area contributed by atoms with Crippen molar-refractivity contribution in [2.45, 2.75) is 77.6 Å². The normalized spacial score (nSPS) is 26.3. The molecule has 1 unspecified atom stereocenters. The lowest BCUT2D eigenvalue weighted by Crippen LogP contribution is -2.23. The van der Waals surface area contributed by atoms with Crippen LogP contribution in [0.2, 0.25) is 0 Å². The van der Waals surface area contributed by atoms with E-state index in [0.717, 1.165) is 24.8 Å². The van der Waals surface area contributed by atoms with Crippen LogP contribution in [0.15, 0.2) is 6.07 Å². The lowest BCUT2D eigenvalue weighted by atomic mass is 9.73. The standard InChI is InChI=1S/C19H26O/c1-11-7-8-14(20)16-15(11)12(2)9-13-17(16)19(5,6)10-18(13,3)4/h9,11H,7-8,10H2,1-6H3. The van der Waals surface area contributed by atoms with Crippen LogP contribution in [0.4, 0.5) is 0 Å². The number of rotatable bonds is 0. The molecular formula is C19H26O. The Labute approximate surface area is 122 Å². The monoisotopic (exact) mass is 270 g/mol. The molecule has 3 rings (SSSR count). The van der Waals surface area contributed by atoms with Crippen LogP contribution in [-0.2, 0) is 10.8 Å². The van der Waals surface area contributed by atoms with Gasteiger partial charge in [-0.05, 0) is 58.8 Å². The maximum atomic E-state index is 12.6. The predicted octanol–water partition coefficient (Wildman–Crippen LogP) is 5.03. The SMILES string of the molecule is Cc1cc2c(c3c1C(C)CCC3=O)C(C)(C)CC2(C)C. The summed E-state index contributed by atoms with van der Waals surface area (Å²) in [5, 5.41) is 0. The molecule has 0 heterocycles. The van der Waals surface area contributed by atoms with E-state index in [1.807, 2.05) is 0 Å². The summed E-state index contributed by atoms with van der Waals surface area (Å²) >= 11 is 0. The summed E-state index contributed by atoms with van der Waals surface area (Å²) in [5.41, 5.74) is 6.83. The minimum Gasteiger partial charge on any atom is -0.294 e. The summed E-state index contributed by atoms with van der Waals surface area (Å²) in [6.45, 7) is 13.7. The highest BCUT2D eigenvalue weighted by molar-refractivity contribution is 6.01. The topological polar surface area (TPSA) is 17.1 Å². The summed E-state index contributed by atoms with van der Waals surface area (Å²) in [5.74, 6) is 0.899. The van der Waals surface area contributed by atoms with Crippen molar-refractivity contribution in [1.82, 2.24) is 0 Å². The fourth-order valence-electron chi connectivity index (χ4n) is 4.90. The van der Waals surface area contributed by atoms with Crippen LogP contribution in [0.3, 0.4) is 0 Å². The molecule has 1 aromatic rings. The molecule has 1 atom stereocenters. The van der Waals surface area contributed by atoms with Crippen LogP contribution in [0.5, 0.6) is 0 Å². The Morgan fingerprint density at radius 1 is 1.15 bits per heavy atom. The van der Waals surface area contributed by atoms with Gasteiger partial charge in [-0.2, -0.15) is 0 Å². The minimum absolute atomic E-state index is 0.114. The van der Waals surface area contributed by atoms with Crippen molar-refractivity contribution in [2.75, 3.05) is 0 Å². The zero-order valence-corrected chi connectivity index (χ0v) is 13.7. The van der Waals surface area contributed by atoms with Crippen molar-refractivity contribution in [2.24, 2.45) is 0 Å². The molecule has 0 N–H and O–H groups in total. The molecule has 0 saturated carbocycles. The number of ketones is 1. The molecule has 0 amide bonds. The Kier molecular flexibility index (Phi) is 2.74. The predicted molar refractivity (Wildman–Crippen MR) is 83.8 cm³/mol. The van der Waals surface area contributed by atoms with Gasteiger partial charge < -0.3 is 0 Å². The second-order valence-corrected chi connectivity index (χ2v) is 8.21. The largest absolute Gasteiger partial charge is 0.294 e. The highest BCUT2D eigenvalue weighted by Gasteiger charge is 2.46. The molecule has 0 aliphatic heterocycles. The Balaban J connectivity index is 2.41. The summed E-state index contributed by atoms with van der Waals surface area (Å²) < 4.78 is 0. The molecule has 0 fully saturated rings. The van der Waals surface area contributed by atoms with Crippen molar-refractivity contribution < 1.29 is 4.79 Å². The van der Waals surface area contributed by atoms with Crippen LogP contribution < -0.4 is 0 Å². The molecule has 1 nitrogen and oxygen atoms in total. The van der Waals surface area contributed by atoms with E-state index in [9.17, 15) is 4.79 Å². The Morgan fingerprint density at radius 2 is 1.80 bits per heavy atom. The molecular weight excluding hydrogens is 244 g/mol. The molecule has 0 saturated heterocycles. The Bertz CT molecular complexity index is 605. The fourth-order valence-corrected chi connectivity index (χ4v) is 4.90. The quantitative estimate of drug-likeness (QED) is 0.646. The highest BCUT2D eigenvalue weighted by atomic mass is 16.1. The maximum absolute atomic E-state index is 12.6. The van der Waals surface area contributed by atoms with Crippen LogP contribution in [0.1, 0.15) is 92.4 Å². The summed E-state index contributed by atoms with van der Waals surface area (Å²) in [6.07, 6.45) is 2.86. The molecule has 1 aromatic carbocycles. The number of benzene rings is 1. The summed E-state index contributed by atoms with van der Waals surface area (Å²) in [7, 11) is 0. The van der Waals surface area contributed by atoms with E-state index in [-0.39, 0.29) is 10.8 Å². The van der Waals surface area contributed by atoms with Gasteiger partial charge in [-0.1, -0.05) is 40.7 Å². The van der Waals surface area contributed by atoms with Gasteiger partial charge in [0.05, 0.1) is 0 Å². The molecule has 1 heteroatoms. The van der Waals surface area contributed by atoms with Gasteiger partial charge in [0.1, 0.15) is 0 Å². The first kappa shape index (κ1) is 13.9. The van der Waals surface area contributed by atoms with E-state index in [1.54, 1.807) is 0 Å². The van der Waals surface area contributed by atoms with E-state index < -0.39 is 0 Å². The van der Waals surface area contributed by atoms with Crippen molar-refractivity contribution >= 4 is 5.78 Å². The van der Waals surface area contributed by atoms with Crippen LogP contribution >= 0.6 is 0 Å². The van der Waals surface area contributed by atoms with Crippen molar-refractivity contribution in [3.8, 4) is 0 Å². The number of Topliss-reactive ketones (excluding diaryl/α,β-unsaturated/α-hetero) is 1.